The third kappa shape index (κ3) is 3.07. The van der Waals surface area contributed by atoms with Gasteiger partial charge in [0.15, 0.2) is 8.32 Å². The Morgan fingerprint density at radius 2 is 1.86 bits per heavy atom. The molecule has 1 heterocycles. The van der Waals surface area contributed by atoms with Crippen molar-refractivity contribution in [2.24, 2.45) is 0 Å². The summed E-state index contributed by atoms with van der Waals surface area (Å²) in [6.07, 6.45) is 3.99. The second kappa shape index (κ2) is 5.88. The quantitative estimate of drug-likeness (QED) is 0.618. The highest BCUT2D eigenvalue weighted by molar-refractivity contribution is 6.73. The van der Waals surface area contributed by atoms with E-state index in [1.165, 1.54) is 18.1 Å². The van der Waals surface area contributed by atoms with Crippen LogP contribution in [-0.4, -0.2) is 14.9 Å². The minimum absolute atomic E-state index is 0.703. The zero-order chi connectivity index (χ0) is 10.4. The van der Waals surface area contributed by atoms with Gasteiger partial charge in [0, 0.05) is 6.54 Å². The van der Waals surface area contributed by atoms with Crippen LogP contribution in [0.4, 0.5) is 0 Å². The molecule has 0 aromatic heterocycles. The Kier molecular flexibility index (Phi) is 5.13. The Morgan fingerprint density at radius 3 is 2.29 bits per heavy atom. The van der Waals surface area contributed by atoms with Crippen molar-refractivity contribution in [2.75, 3.05) is 6.61 Å². The lowest BCUT2D eigenvalue weighted by Gasteiger charge is -2.28. The third-order valence-corrected chi connectivity index (χ3v) is 7.70. The van der Waals surface area contributed by atoms with E-state index in [0.717, 1.165) is 6.04 Å². The van der Waals surface area contributed by atoms with E-state index in [1.54, 1.807) is 0 Å². The molecular weight excluding hydrogens is 190 g/mol. The van der Waals surface area contributed by atoms with Crippen LogP contribution in [-0.2, 0) is 4.43 Å². The van der Waals surface area contributed by atoms with Crippen LogP contribution in [0.1, 0.15) is 20.8 Å². The molecule has 0 aliphatic carbocycles. The van der Waals surface area contributed by atoms with Crippen LogP contribution in [0.2, 0.25) is 18.1 Å². The van der Waals surface area contributed by atoms with Gasteiger partial charge in [-0.05, 0) is 31.0 Å². The van der Waals surface area contributed by atoms with E-state index in [0.29, 0.717) is 6.61 Å². The van der Waals surface area contributed by atoms with Crippen LogP contribution in [0.3, 0.4) is 0 Å². The first-order valence-electron chi connectivity index (χ1n) is 5.47. The van der Waals surface area contributed by atoms with Gasteiger partial charge >= 0.3 is 0 Å². The van der Waals surface area contributed by atoms with Crippen LogP contribution in [0.15, 0.2) is 0 Å². The second-order valence-electron chi connectivity index (χ2n) is 3.66. The molecule has 0 saturated carbocycles. The van der Waals surface area contributed by atoms with Gasteiger partial charge < -0.3 is 4.43 Å². The number of hydrogen-bond acceptors (Lipinski definition) is 1. The van der Waals surface area contributed by atoms with Gasteiger partial charge in [0.25, 0.3) is 0 Å². The lowest BCUT2D eigenvalue weighted by molar-refractivity contribution is 0.309. The molecule has 0 atom stereocenters. The lowest BCUT2D eigenvalue weighted by Crippen LogP contribution is -2.37. The lowest BCUT2D eigenvalue weighted by atomic mass is 10.2. The van der Waals surface area contributed by atoms with Gasteiger partial charge in [-0.15, -0.1) is 0 Å². The van der Waals surface area contributed by atoms with E-state index in [2.05, 4.69) is 26.1 Å². The monoisotopic (exact) mass is 210 g/mol. The molecule has 1 saturated heterocycles. The standard InChI is InChI=1S/C11H20NOSi/c1-4-14(5-2,6-3)13-10-11-8-7-9-12-11/h7-9H,4-6,10H2,1-3H3. The molecule has 1 fully saturated rings. The summed E-state index contributed by atoms with van der Waals surface area (Å²) in [7, 11) is -1.41. The highest BCUT2D eigenvalue weighted by atomic mass is 28.4. The predicted molar refractivity (Wildman–Crippen MR) is 61.4 cm³/mol. The third-order valence-electron chi connectivity index (χ3n) is 3.07. The average Bonchev–Trinajstić information content (AvgIpc) is 2.74. The molecule has 0 aromatic rings. The predicted octanol–water partition coefficient (Wildman–Crippen LogP) is 2.73. The van der Waals surface area contributed by atoms with E-state index in [9.17, 15) is 0 Å². The fourth-order valence-corrected chi connectivity index (χ4v) is 4.27. The number of rotatable bonds is 6. The fourth-order valence-electron chi connectivity index (χ4n) is 1.70. The van der Waals surface area contributed by atoms with Gasteiger partial charge in [-0.1, -0.05) is 20.8 Å². The fraction of sp³-hybridized carbons (Fsp3) is 0.636. The number of nitrogens with zero attached hydrogens (tertiary/aromatic N) is 1. The van der Waals surface area contributed by atoms with Crippen LogP contribution < -0.4 is 5.32 Å². The van der Waals surface area contributed by atoms with Crippen LogP contribution in [0.25, 0.3) is 0 Å². The normalized spacial score (nSPS) is 19.1. The van der Waals surface area contributed by atoms with Crippen molar-refractivity contribution in [3.05, 3.63) is 25.4 Å². The molecule has 3 heteroatoms. The summed E-state index contributed by atoms with van der Waals surface area (Å²) in [6, 6.07) is 4.69. The Morgan fingerprint density at radius 1 is 1.21 bits per heavy atom. The average molecular weight is 210 g/mol. The summed E-state index contributed by atoms with van der Waals surface area (Å²) in [6.45, 7) is 9.27. The van der Waals surface area contributed by atoms with Crippen molar-refractivity contribution in [3.8, 4) is 0 Å². The topological polar surface area (TPSA) is 23.3 Å². The molecule has 79 valence electrons. The number of hydrogen-bond donors (Lipinski definition) is 0. The first-order valence-corrected chi connectivity index (χ1v) is 8.00. The summed E-state index contributed by atoms with van der Waals surface area (Å²) in [5.41, 5.74) is 0. The van der Waals surface area contributed by atoms with Gasteiger partial charge in [-0.2, -0.15) is 0 Å². The Bertz CT molecular complexity index is 145. The molecule has 1 aliphatic heterocycles. The van der Waals surface area contributed by atoms with Gasteiger partial charge in [0.2, 0.25) is 0 Å². The maximum Gasteiger partial charge on any atom is 0.192 e. The van der Waals surface area contributed by atoms with Crippen molar-refractivity contribution < 1.29 is 4.43 Å². The maximum atomic E-state index is 6.10. The van der Waals surface area contributed by atoms with Crippen molar-refractivity contribution >= 4 is 8.32 Å². The zero-order valence-corrected chi connectivity index (χ0v) is 10.4. The molecule has 0 unspecified atom stereocenters. The van der Waals surface area contributed by atoms with Gasteiger partial charge in [-0.3, -0.25) is 0 Å². The van der Waals surface area contributed by atoms with E-state index in [1.807, 2.05) is 19.4 Å². The first-order chi connectivity index (χ1) is 6.76. The molecule has 0 N–H and O–H groups in total. The molecule has 0 aromatic carbocycles. The molecule has 14 heavy (non-hydrogen) atoms. The highest BCUT2D eigenvalue weighted by Gasteiger charge is 2.30. The largest absolute Gasteiger partial charge is 0.415 e. The van der Waals surface area contributed by atoms with Gasteiger partial charge in [0.1, 0.15) is 0 Å². The van der Waals surface area contributed by atoms with Crippen LogP contribution in [0, 0.1) is 25.4 Å². The second-order valence-corrected chi connectivity index (χ2v) is 8.44. The van der Waals surface area contributed by atoms with E-state index >= 15 is 0 Å². The molecule has 1 rings (SSSR count). The van der Waals surface area contributed by atoms with Crippen molar-refractivity contribution in [3.63, 3.8) is 0 Å². The summed E-state index contributed by atoms with van der Waals surface area (Å²) in [5.74, 6) is 0. The SMILES string of the molecule is CC[Si](CC)(CC)OC[C]1[CH][CH][CH][N]1. The summed E-state index contributed by atoms with van der Waals surface area (Å²) < 4.78 is 6.10. The highest BCUT2D eigenvalue weighted by Crippen LogP contribution is 2.24. The van der Waals surface area contributed by atoms with Gasteiger partial charge in [-0.25, -0.2) is 5.32 Å². The van der Waals surface area contributed by atoms with Crippen molar-refractivity contribution in [1.82, 2.24) is 5.32 Å². The van der Waals surface area contributed by atoms with Crippen molar-refractivity contribution in [1.29, 1.82) is 0 Å². The molecule has 0 amide bonds. The molecule has 5 radical (unpaired) electrons. The van der Waals surface area contributed by atoms with Crippen LogP contribution >= 0.6 is 0 Å². The Balaban J connectivity index is 2.31. The maximum absolute atomic E-state index is 6.10. The summed E-state index contributed by atoms with van der Waals surface area (Å²) in [5, 5.41) is 4.22. The Hall–Kier alpha value is 0.137. The van der Waals surface area contributed by atoms with Crippen molar-refractivity contribution in [2.45, 2.75) is 38.9 Å². The minimum Gasteiger partial charge on any atom is -0.415 e. The zero-order valence-electron chi connectivity index (χ0n) is 9.42. The smallest absolute Gasteiger partial charge is 0.192 e. The van der Waals surface area contributed by atoms with Crippen LogP contribution in [0.5, 0.6) is 0 Å². The van der Waals surface area contributed by atoms with E-state index in [-0.39, 0.29) is 0 Å². The molecular formula is C11H20NOSi. The van der Waals surface area contributed by atoms with E-state index < -0.39 is 8.32 Å². The first kappa shape index (κ1) is 12.2. The van der Waals surface area contributed by atoms with Gasteiger partial charge in [0.05, 0.1) is 12.6 Å². The molecule has 2 nitrogen and oxygen atoms in total. The molecule has 0 bridgehead atoms. The molecule has 0 spiro atoms. The minimum atomic E-state index is -1.41. The summed E-state index contributed by atoms with van der Waals surface area (Å²) in [4.78, 5) is 0. The molecule has 1 aliphatic rings. The van der Waals surface area contributed by atoms with E-state index in [4.69, 9.17) is 4.43 Å². The summed E-state index contributed by atoms with van der Waals surface area (Å²) >= 11 is 0. The Labute approximate surface area is 89.6 Å².